The second kappa shape index (κ2) is 5.53. The van der Waals surface area contributed by atoms with Crippen molar-refractivity contribution in [2.75, 3.05) is 20.2 Å². The Balaban J connectivity index is 2.23. The predicted molar refractivity (Wildman–Crippen MR) is 71.2 cm³/mol. The molecule has 1 atom stereocenters. The Morgan fingerprint density at radius 1 is 1.17 bits per heavy atom. The second-order valence-electron chi connectivity index (χ2n) is 4.96. The number of piperidine rings is 1. The van der Waals surface area contributed by atoms with Crippen LogP contribution in [0.15, 0.2) is 30.3 Å². The minimum absolute atomic E-state index is 0.0795. The van der Waals surface area contributed by atoms with Gasteiger partial charge in [0.25, 0.3) is 5.91 Å². The number of nitrogens with zero attached hydrogens (tertiary/aromatic N) is 1. The molecule has 0 radical (unpaired) electrons. The first-order valence-corrected chi connectivity index (χ1v) is 6.58. The molecule has 0 aromatic heterocycles. The summed E-state index contributed by atoms with van der Waals surface area (Å²) < 4.78 is 5.55. The van der Waals surface area contributed by atoms with Crippen LogP contribution < -0.4 is 0 Å². The molecule has 0 N–H and O–H groups in total. The molecule has 1 saturated heterocycles. The molecule has 1 aromatic carbocycles. The van der Waals surface area contributed by atoms with Gasteiger partial charge in [0, 0.05) is 20.2 Å². The zero-order valence-corrected chi connectivity index (χ0v) is 11.2. The van der Waals surface area contributed by atoms with E-state index in [2.05, 4.69) is 0 Å². The van der Waals surface area contributed by atoms with E-state index in [-0.39, 0.29) is 5.91 Å². The van der Waals surface area contributed by atoms with Crippen LogP contribution in [0.4, 0.5) is 0 Å². The van der Waals surface area contributed by atoms with Crippen LogP contribution in [0.3, 0.4) is 0 Å². The van der Waals surface area contributed by atoms with Crippen molar-refractivity contribution in [3.8, 4) is 0 Å². The fourth-order valence-corrected chi connectivity index (χ4v) is 2.48. The molecule has 2 rings (SSSR count). The lowest BCUT2D eigenvalue weighted by molar-refractivity contribution is -0.155. The van der Waals surface area contributed by atoms with Crippen LogP contribution in [0, 0.1) is 0 Å². The van der Waals surface area contributed by atoms with Gasteiger partial charge in [0.15, 0.2) is 5.60 Å². The van der Waals surface area contributed by atoms with Crippen molar-refractivity contribution in [1.29, 1.82) is 0 Å². The Morgan fingerprint density at radius 3 is 2.33 bits per heavy atom. The molecule has 0 bridgehead atoms. The summed E-state index contributed by atoms with van der Waals surface area (Å²) in [6, 6.07) is 9.73. The quantitative estimate of drug-likeness (QED) is 0.821. The molecule has 0 spiro atoms. The summed E-state index contributed by atoms with van der Waals surface area (Å²) in [6.07, 6.45) is 3.42. The van der Waals surface area contributed by atoms with Gasteiger partial charge in [-0.2, -0.15) is 0 Å². The van der Waals surface area contributed by atoms with Gasteiger partial charge in [-0.3, -0.25) is 4.79 Å². The third-order valence-electron chi connectivity index (χ3n) is 3.78. The van der Waals surface area contributed by atoms with Crippen LogP contribution in [-0.2, 0) is 15.1 Å². The average Bonchev–Trinajstić information content (AvgIpc) is 2.47. The van der Waals surface area contributed by atoms with Crippen molar-refractivity contribution in [3.05, 3.63) is 35.9 Å². The maximum absolute atomic E-state index is 12.7. The summed E-state index contributed by atoms with van der Waals surface area (Å²) in [6.45, 7) is 3.56. The number of carbonyl (C=O) groups excluding carboxylic acids is 1. The molecule has 1 heterocycles. The summed E-state index contributed by atoms with van der Waals surface area (Å²) in [5, 5.41) is 0. The summed E-state index contributed by atoms with van der Waals surface area (Å²) in [7, 11) is 1.61. The summed E-state index contributed by atoms with van der Waals surface area (Å²) in [4.78, 5) is 14.6. The van der Waals surface area contributed by atoms with Gasteiger partial charge >= 0.3 is 0 Å². The number of amides is 1. The number of hydrogen-bond acceptors (Lipinski definition) is 2. The molecule has 3 heteroatoms. The van der Waals surface area contributed by atoms with Crippen molar-refractivity contribution in [3.63, 3.8) is 0 Å². The Morgan fingerprint density at radius 2 is 1.78 bits per heavy atom. The molecule has 0 saturated carbocycles. The number of benzene rings is 1. The molecule has 1 fully saturated rings. The maximum atomic E-state index is 12.7. The molecule has 98 valence electrons. The standard InChI is InChI=1S/C15H21NO2/c1-15(18-2,13-9-5-3-6-10-13)14(17)16-11-7-4-8-12-16/h3,5-6,9-10H,4,7-8,11-12H2,1-2H3/t15-/m0/s1. The normalized spacial score (nSPS) is 19.3. The van der Waals surface area contributed by atoms with Gasteiger partial charge in [0.2, 0.25) is 0 Å². The van der Waals surface area contributed by atoms with Crippen molar-refractivity contribution >= 4 is 5.91 Å². The van der Waals surface area contributed by atoms with E-state index in [4.69, 9.17) is 4.74 Å². The van der Waals surface area contributed by atoms with Gasteiger partial charge < -0.3 is 9.64 Å². The first-order valence-electron chi connectivity index (χ1n) is 6.58. The third-order valence-corrected chi connectivity index (χ3v) is 3.78. The highest BCUT2D eigenvalue weighted by atomic mass is 16.5. The van der Waals surface area contributed by atoms with Gasteiger partial charge in [0.05, 0.1) is 0 Å². The van der Waals surface area contributed by atoms with E-state index in [1.165, 1.54) is 6.42 Å². The van der Waals surface area contributed by atoms with Crippen molar-refractivity contribution < 1.29 is 9.53 Å². The lowest BCUT2D eigenvalue weighted by Crippen LogP contribution is -2.48. The maximum Gasteiger partial charge on any atom is 0.259 e. The fraction of sp³-hybridized carbons (Fsp3) is 0.533. The summed E-state index contributed by atoms with van der Waals surface area (Å²) in [5.74, 6) is 0.0795. The Labute approximate surface area is 109 Å². The van der Waals surface area contributed by atoms with Gasteiger partial charge in [-0.25, -0.2) is 0 Å². The minimum Gasteiger partial charge on any atom is -0.364 e. The highest BCUT2D eigenvalue weighted by Gasteiger charge is 2.38. The second-order valence-corrected chi connectivity index (χ2v) is 4.96. The summed E-state index contributed by atoms with van der Waals surface area (Å²) >= 11 is 0. The third kappa shape index (κ3) is 2.41. The SMILES string of the molecule is CO[C@](C)(C(=O)N1CCCCC1)c1ccccc1. The monoisotopic (exact) mass is 247 g/mol. The molecular weight excluding hydrogens is 226 g/mol. The Hall–Kier alpha value is -1.35. The molecule has 1 aromatic rings. The van der Waals surface area contributed by atoms with E-state index >= 15 is 0 Å². The van der Waals surface area contributed by atoms with Crippen LogP contribution >= 0.6 is 0 Å². The van der Waals surface area contributed by atoms with E-state index in [0.717, 1.165) is 31.5 Å². The van der Waals surface area contributed by atoms with Crippen LogP contribution in [0.1, 0.15) is 31.7 Å². The van der Waals surface area contributed by atoms with E-state index in [1.54, 1.807) is 7.11 Å². The van der Waals surface area contributed by atoms with E-state index in [9.17, 15) is 4.79 Å². The molecule has 0 aliphatic carbocycles. The van der Waals surface area contributed by atoms with Crippen molar-refractivity contribution in [2.45, 2.75) is 31.8 Å². The number of ether oxygens (including phenoxy) is 1. The number of methoxy groups -OCH3 is 1. The highest BCUT2D eigenvalue weighted by molar-refractivity contribution is 5.86. The first kappa shape index (κ1) is 13.1. The van der Waals surface area contributed by atoms with Crippen molar-refractivity contribution in [1.82, 2.24) is 4.90 Å². The lowest BCUT2D eigenvalue weighted by Gasteiger charge is -2.35. The van der Waals surface area contributed by atoms with Crippen LogP contribution in [0.2, 0.25) is 0 Å². The van der Waals surface area contributed by atoms with Crippen LogP contribution in [0.25, 0.3) is 0 Å². The van der Waals surface area contributed by atoms with E-state index < -0.39 is 5.60 Å². The Bertz CT molecular complexity index is 398. The lowest BCUT2D eigenvalue weighted by atomic mass is 9.93. The summed E-state index contributed by atoms with van der Waals surface area (Å²) in [5.41, 5.74) is 0.0570. The van der Waals surface area contributed by atoms with Gasteiger partial charge in [0.1, 0.15) is 0 Å². The number of likely N-dealkylation sites (tertiary alicyclic amines) is 1. The van der Waals surface area contributed by atoms with Crippen molar-refractivity contribution in [2.24, 2.45) is 0 Å². The molecule has 3 nitrogen and oxygen atoms in total. The van der Waals surface area contributed by atoms with E-state index in [1.807, 2.05) is 42.2 Å². The molecule has 1 aliphatic heterocycles. The number of hydrogen-bond donors (Lipinski definition) is 0. The molecule has 1 aliphatic rings. The minimum atomic E-state index is -0.863. The zero-order chi connectivity index (χ0) is 13.0. The number of carbonyl (C=O) groups is 1. The smallest absolute Gasteiger partial charge is 0.259 e. The highest BCUT2D eigenvalue weighted by Crippen LogP contribution is 2.28. The number of rotatable bonds is 3. The zero-order valence-electron chi connectivity index (χ0n) is 11.2. The predicted octanol–water partition coefficient (Wildman–Crippen LogP) is 2.56. The first-order chi connectivity index (χ1) is 8.68. The van der Waals surface area contributed by atoms with Gasteiger partial charge in [-0.15, -0.1) is 0 Å². The molecule has 1 amide bonds. The van der Waals surface area contributed by atoms with Gasteiger partial charge in [-0.05, 0) is 31.7 Å². The molecule has 18 heavy (non-hydrogen) atoms. The largest absolute Gasteiger partial charge is 0.364 e. The fourth-order valence-electron chi connectivity index (χ4n) is 2.48. The average molecular weight is 247 g/mol. The molecular formula is C15H21NO2. The Kier molecular flexibility index (Phi) is 4.02. The van der Waals surface area contributed by atoms with Crippen LogP contribution in [0.5, 0.6) is 0 Å². The topological polar surface area (TPSA) is 29.5 Å². The van der Waals surface area contributed by atoms with E-state index in [0.29, 0.717) is 0 Å². The molecule has 0 unspecified atom stereocenters. The van der Waals surface area contributed by atoms with Gasteiger partial charge in [-0.1, -0.05) is 30.3 Å². The van der Waals surface area contributed by atoms with Crippen LogP contribution in [-0.4, -0.2) is 31.0 Å².